The minimum atomic E-state index is -3.26. The van der Waals surface area contributed by atoms with Crippen molar-refractivity contribution in [2.24, 2.45) is 0 Å². The molecule has 2 aromatic heterocycles. The number of rotatable bonds is 6. The second-order valence-electron chi connectivity index (χ2n) is 8.39. The van der Waals surface area contributed by atoms with Crippen molar-refractivity contribution >= 4 is 43.7 Å². The molecule has 2 heterocycles. The highest BCUT2D eigenvalue weighted by Gasteiger charge is 2.13. The normalized spacial score (nSPS) is 12.2. The van der Waals surface area contributed by atoms with Crippen molar-refractivity contribution in [3.8, 4) is 11.1 Å². The fraction of sp³-hybridized carbons (Fsp3) is 0.103. The lowest BCUT2D eigenvalue weighted by Gasteiger charge is -2.11. The van der Waals surface area contributed by atoms with Crippen molar-refractivity contribution < 1.29 is 8.42 Å². The van der Waals surface area contributed by atoms with Crippen LogP contribution in [0.5, 0.6) is 0 Å². The van der Waals surface area contributed by atoms with E-state index < -0.39 is 9.84 Å². The van der Waals surface area contributed by atoms with E-state index in [4.69, 9.17) is 0 Å². The summed E-state index contributed by atoms with van der Waals surface area (Å²) in [5.41, 5.74) is 7.37. The topological polar surface area (TPSA) is 59.9 Å². The number of hydrogen-bond acceptors (Lipinski definition) is 5. The van der Waals surface area contributed by atoms with Gasteiger partial charge >= 0.3 is 0 Å². The number of hydrogen-bond donors (Lipinski definition) is 0. The van der Waals surface area contributed by atoms with Crippen molar-refractivity contribution in [2.75, 3.05) is 6.26 Å². The molecule has 0 saturated carbocycles. The van der Waals surface area contributed by atoms with Gasteiger partial charge in [-0.15, -0.1) is 11.3 Å². The van der Waals surface area contributed by atoms with Gasteiger partial charge in [0.05, 0.1) is 10.4 Å². The van der Waals surface area contributed by atoms with E-state index in [1.54, 1.807) is 29.7 Å². The smallest absolute Gasteiger partial charge is 0.175 e. The van der Waals surface area contributed by atoms with Gasteiger partial charge in [0.1, 0.15) is 5.01 Å². The zero-order valence-electron chi connectivity index (χ0n) is 19.5. The zero-order valence-corrected chi connectivity index (χ0v) is 21.1. The van der Waals surface area contributed by atoms with Gasteiger partial charge in [-0.05, 0) is 71.1 Å². The third kappa shape index (κ3) is 4.94. The number of fused-ring (bicyclic) bond motifs is 1. The quantitative estimate of drug-likeness (QED) is 0.240. The molecule has 35 heavy (non-hydrogen) atoms. The van der Waals surface area contributed by atoms with Crippen LogP contribution < -0.4 is 0 Å². The van der Waals surface area contributed by atoms with Crippen molar-refractivity contribution in [1.29, 1.82) is 0 Å². The molecule has 0 aliphatic heterocycles. The summed E-state index contributed by atoms with van der Waals surface area (Å²) in [6, 6.07) is 23.9. The molecule has 0 unspecified atom stereocenters. The summed E-state index contributed by atoms with van der Waals surface area (Å²) < 4.78 is 23.8. The Bertz CT molecular complexity index is 1640. The van der Waals surface area contributed by atoms with Crippen LogP contribution in [0.4, 0.5) is 0 Å². The first-order valence-corrected chi connectivity index (χ1v) is 14.1. The van der Waals surface area contributed by atoms with Gasteiger partial charge < -0.3 is 0 Å². The van der Waals surface area contributed by atoms with Crippen LogP contribution in [0.15, 0.2) is 95.5 Å². The van der Waals surface area contributed by atoms with Gasteiger partial charge in [0.15, 0.2) is 9.84 Å². The maximum Gasteiger partial charge on any atom is 0.175 e. The Morgan fingerprint density at radius 1 is 0.943 bits per heavy atom. The number of pyridine rings is 1. The van der Waals surface area contributed by atoms with Crippen LogP contribution in [0.3, 0.4) is 0 Å². The van der Waals surface area contributed by atoms with Crippen LogP contribution in [-0.4, -0.2) is 24.6 Å². The predicted octanol–water partition coefficient (Wildman–Crippen LogP) is 6.91. The predicted molar refractivity (Wildman–Crippen MR) is 145 cm³/mol. The van der Waals surface area contributed by atoms with Crippen LogP contribution in [0.1, 0.15) is 28.6 Å². The number of sulfone groups is 1. The fourth-order valence-electron chi connectivity index (χ4n) is 4.15. The monoisotopic (exact) mass is 496 g/mol. The molecule has 0 radical (unpaired) electrons. The van der Waals surface area contributed by atoms with E-state index in [-0.39, 0.29) is 0 Å². The third-order valence-electron chi connectivity index (χ3n) is 5.94. The average Bonchev–Trinajstić information content (AvgIpc) is 3.41. The molecule has 0 aliphatic carbocycles. The first kappa shape index (κ1) is 23.1. The number of benzene rings is 3. The van der Waals surface area contributed by atoms with Gasteiger partial charge in [-0.3, -0.25) is 4.98 Å². The van der Waals surface area contributed by atoms with E-state index in [1.165, 1.54) is 11.8 Å². The number of thiazole rings is 1. The Morgan fingerprint density at radius 2 is 1.77 bits per heavy atom. The highest BCUT2D eigenvalue weighted by molar-refractivity contribution is 7.90. The first-order valence-electron chi connectivity index (χ1n) is 11.3. The molecule has 0 atom stereocenters. The van der Waals surface area contributed by atoms with E-state index in [9.17, 15) is 8.42 Å². The summed E-state index contributed by atoms with van der Waals surface area (Å²) >= 11 is 1.55. The van der Waals surface area contributed by atoms with Crippen molar-refractivity contribution in [3.63, 3.8) is 0 Å². The molecule has 4 nitrogen and oxygen atoms in total. The van der Waals surface area contributed by atoms with E-state index in [1.807, 2.05) is 29.8 Å². The zero-order chi connectivity index (χ0) is 24.4. The highest BCUT2D eigenvalue weighted by atomic mass is 32.2. The van der Waals surface area contributed by atoms with Crippen LogP contribution >= 0.6 is 11.3 Å². The molecule has 0 amide bonds. The largest absolute Gasteiger partial charge is 0.256 e. The Morgan fingerprint density at radius 3 is 2.49 bits per heavy atom. The molecular weight excluding hydrogens is 472 g/mol. The molecular formula is C29H24N2O2S2. The summed E-state index contributed by atoms with van der Waals surface area (Å²) in [4.78, 5) is 9.50. The minimum Gasteiger partial charge on any atom is -0.256 e. The Labute approximate surface area is 209 Å². The fourth-order valence-corrected chi connectivity index (χ4v) is 5.45. The summed E-state index contributed by atoms with van der Waals surface area (Å²) in [5, 5.41) is 3.96. The van der Waals surface area contributed by atoms with Gasteiger partial charge in [0.25, 0.3) is 0 Å². The molecule has 5 rings (SSSR count). The second-order valence-corrected chi connectivity index (χ2v) is 11.3. The lowest BCUT2D eigenvalue weighted by Crippen LogP contribution is -1.97. The van der Waals surface area contributed by atoms with Gasteiger partial charge in [0.2, 0.25) is 0 Å². The lowest BCUT2D eigenvalue weighted by atomic mass is 9.96. The van der Waals surface area contributed by atoms with E-state index in [0.717, 1.165) is 50.2 Å². The minimum absolute atomic E-state index is 0.303. The van der Waals surface area contributed by atoms with Gasteiger partial charge in [-0.1, -0.05) is 43.3 Å². The van der Waals surface area contributed by atoms with Crippen molar-refractivity contribution in [1.82, 2.24) is 9.97 Å². The molecule has 0 fully saturated rings. The van der Waals surface area contributed by atoms with E-state index in [2.05, 4.69) is 65.4 Å². The summed E-state index contributed by atoms with van der Waals surface area (Å²) in [7, 11) is -3.26. The Kier molecular flexibility index (Phi) is 6.32. The average molecular weight is 497 g/mol. The van der Waals surface area contributed by atoms with Crippen LogP contribution in [-0.2, 0) is 16.3 Å². The standard InChI is InChI=1S/C29H24N2O2S2/c1-3-20-16-24-8-5-13-30-28(24)26(18-20)23-7-4-6-21(17-23)19-27(29-31-14-15-34-29)22-9-11-25(12-10-22)35(2,32)33/h4-19H,3H2,1-2H3/b27-19-. The number of nitrogens with zero attached hydrogens (tertiary/aromatic N) is 2. The molecule has 0 bridgehead atoms. The molecule has 3 aromatic carbocycles. The van der Waals surface area contributed by atoms with Crippen molar-refractivity contribution in [2.45, 2.75) is 18.2 Å². The Balaban J connectivity index is 1.63. The van der Waals surface area contributed by atoms with Crippen LogP contribution in [0.2, 0.25) is 0 Å². The third-order valence-corrected chi connectivity index (χ3v) is 7.87. The van der Waals surface area contributed by atoms with E-state index in [0.29, 0.717) is 4.90 Å². The molecule has 6 heteroatoms. The van der Waals surface area contributed by atoms with Gasteiger partial charge in [-0.2, -0.15) is 0 Å². The van der Waals surface area contributed by atoms with Crippen LogP contribution in [0.25, 0.3) is 33.7 Å². The lowest BCUT2D eigenvalue weighted by molar-refractivity contribution is 0.602. The van der Waals surface area contributed by atoms with E-state index >= 15 is 0 Å². The molecule has 0 saturated heterocycles. The van der Waals surface area contributed by atoms with Crippen molar-refractivity contribution in [3.05, 3.63) is 112 Å². The number of aryl methyl sites for hydroxylation is 1. The summed E-state index contributed by atoms with van der Waals surface area (Å²) in [6.07, 6.45) is 7.90. The summed E-state index contributed by atoms with van der Waals surface area (Å²) in [6.45, 7) is 2.16. The molecule has 174 valence electrons. The SMILES string of the molecule is CCc1cc(-c2cccc(/C=C(/c3ccc(S(C)(=O)=O)cc3)c3nccs3)c2)c2ncccc2c1. The van der Waals surface area contributed by atoms with Gasteiger partial charge in [-0.25, -0.2) is 13.4 Å². The Hall–Kier alpha value is -3.61. The molecule has 0 aliphatic rings. The first-order chi connectivity index (χ1) is 16.9. The second kappa shape index (κ2) is 9.56. The molecule has 0 spiro atoms. The van der Waals surface area contributed by atoms with Crippen LogP contribution in [0, 0.1) is 0 Å². The summed E-state index contributed by atoms with van der Waals surface area (Å²) in [5.74, 6) is 0. The number of aromatic nitrogens is 2. The molecule has 0 N–H and O–H groups in total. The van der Waals surface area contributed by atoms with Gasteiger partial charge in [0, 0.05) is 40.6 Å². The highest BCUT2D eigenvalue weighted by Crippen LogP contribution is 2.32. The molecule has 5 aromatic rings. The maximum atomic E-state index is 11.9. The maximum absolute atomic E-state index is 11.9.